The van der Waals surface area contributed by atoms with Crippen LogP contribution < -0.4 is 19.6 Å². The minimum atomic E-state index is -5.68. The van der Waals surface area contributed by atoms with E-state index in [1.165, 1.54) is 0 Å². The van der Waals surface area contributed by atoms with Gasteiger partial charge in [-0.2, -0.15) is 0 Å². The van der Waals surface area contributed by atoms with Crippen LogP contribution in [0.4, 0.5) is 0 Å². The zero-order chi connectivity index (χ0) is 7.71. The second kappa shape index (κ2) is 8.32. The molecule has 0 aliphatic heterocycles. The van der Waals surface area contributed by atoms with Crippen LogP contribution in [0.5, 0.6) is 0 Å². The summed E-state index contributed by atoms with van der Waals surface area (Å²) in [4.78, 5) is 37.3. The molecule has 8 nitrogen and oxygen atoms in total. The molecule has 0 fully saturated rings. The largest absolute Gasteiger partial charge is 2.00 e. The van der Waals surface area contributed by atoms with Crippen molar-refractivity contribution >= 4 is 53.4 Å². The maximum absolute atomic E-state index is 9.32. The van der Waals surface area contributed by atoms with Gasteiger partial charge in [0.2, 0.25) is 0 Å². The maximum Gasteiger partial charge on any atom is 2.00 e. The summed E-state index contributed by atoms with van der Waals surface area (Å²) in [6, 6.07) is 0. The Morgan fingerprint density at radius 2 is 1.08 bits per heavy atom. The van der Waals surface area contributed by atoms with Crippen molar-refractivity contribution in [1.29, 1.82) is 0 Å². The van der Waals surface area contributed by atoms with E-state index >= 15 is 0 Å². The van der Waals surface area contributed by atoms with E-state index in [-0.39, 0.29) is 60.3 Å². The standard InChI is InChI=1S/Ca.Mn.H4O7P2.H2O/c;;1-8(2,3)7-9(4,5)6;/h;;(H2,1,2,3)(H2,4,5,6);1H2/q2*+2;;/p-4. The number of hydrogen-bond donors (Lipinski definition) is 0. The first-order valence-electron chi connectivity index (χ1n) is 1.46. The van der Waals surface area contributed by atoms with Crippen molar-refractivity contribution in [2.75, 3.05) is 0 Å². The molecule has 0 aromatic heterocycles. The normalized spacial score (nSPS) is 10.3. The predicted octanol–water partition coefficient (Wildman–Crippen LogP) is -4.55. The fourth-order valence-corrected chi connectivity index (χ4v) is 1.10. The van der Waals surface area contributed by atoms with Gasteiger partial charge < -0.3 is 38.5 Å². The van der Waals surface area contributed by atoms with Crippen molar-refractivity contribution in [3.63, 3.8) is 0 Å². The Hall–Kier alpha value is 2.00. The van der Waals surface area contributed by atoms with E-state index in [9.17, 15) is 28.7 Å². The van der Waals surface area contributed by atoms with Crippen LogP contribution in [0.2, 0.25) is 0 Å². The Labute approximate surface area is 108 Å². The van der Waals surface area contributed by atoms with E-state index in [0.717, 1.165) is 0 Å². The van der Waals surface area contributed by atoms with Gasteiger partial charge in [0.15, 0.2) is 0 Å². The molecule has 0 amide bonds. The summed E-state index contributed by atoms with van der Waals surface area (Å²) in [5.41, 5.74) is 0. The molecule has 0 aliphatic carbocycles. The topological polar surface area (TPSA) is 167 Å². The number of phosphoric acid groups is 2. The Morgan fingerprint density at radius 3 is 1.08 bits per heavy atom. The van der Waals surface area contributed by atoms with Gasteiger partial charge in [0.25, 0.3) is 0 Å². The van der Waals surface area contributed by atoms with Crippen LogP contribution in [0.3, 0.4) is 0 Å². The summed E-state index contributed by atoms with van der Waals surface area (Å²) in [6.45, 7) is 0. The summed E-state index contributed by atoms with van der Waals surface area (Å²) in [7, 11) is -11.4. The first kappa shape index (κ1) is 23.7. The van der Waals surface area contributed by atoms with Crippen LogP contribution in [-0.4, -0.2) is 43.2 Å². The molecule has 0 aromatic carbocycles. The van der Waals surface area contributed by atoms with Crippen LogP contribution >= 0.6 is 15.6 Å². The molecule has 2 N–H and O–H groups in total. The number of rotatable bonds is 2. The van der Waals surface area contributed by atoms with Crippen molar-refractivity contribution in [2.45, 2.75) is 0 Å². The van der Waals surface area contributed by atoms with E-state index in [2.05, 4.69) is 4.31 Å². The summed E-state index contributed by atoms with van der Waals surface area (Å²) >= 11 is 0. The molecule has 0 saturated heterocycles. The molecular formula is H2CaMnO8P2. The predicted molar refractivity (Wildman–Crippen MR) is 25.7 cm³/mol. The average molecular weight is 287 g/mol. The first-order valence-corrected chi connectivity index (χ1v) is 4.38. The minimum absolute atomic E-state index is 0. The van der Waals surface area contributed by atoms with Gasteiger partial charge in [0.1, 0.15) is 0 Å². The smallest absolute Gasteiger partial charge is 0.790 e. The Morgan fingerprint density at radius 1 is 0.917 bits per heavy atom. The first-order chi connectivity index (χ1) is 3.71. The molecule has 0 aromatic rings. The summed E-state index contributed by atoms with van der Waals surface area (Å²) in [5, 5.41) is 0. The molecular weight excluding hydrogens is 285 g/mol. The zero-order valence-corrected chi connectivity index (χ0v) is 10.5. The third kappa shape index (κ3) is 22.7. The third-order valence-electron chi connectivity index (χ3n) is 0.200. The molecule has 0 unspecified atom stereocenters. The average Bonchev–Trinajstić information content (AvgIpc) is 1.14. The molecule has 0 bridgehead atoms. The van der Waals surface area contributed by atoms with Gasteiger partial charge in [0.05, 0.1) is 15.6 Å². The van der Waals surface area contributed by atoms with Crippen molar-refractivity contribution in [2.24, 2.45) is 0 Å². The third-order valence-corrected chi connectivity index (χ3v) is 1.80. The van der Waals surface area contributed by atoms with Crippen LogP contribution in [0.25, 0.3) is 0 Å². The van der Waals surface area contributed by atoms with Gasteiger partial charge in [-0.25, -0.2) is 0 Å². The van der Waals surface area contributed by atoms with E-state index in [4.69, 9.17) is 0 Å². The van der Waals surface area contributed by atoms with Crippen LogP contribution in [0.1, 0.15) is 0 Å². The minimum Gasteiger partial charge on any atom is -0.790 e. The molecule has 0 saturated carbocycles. The molecule has 0 heterocycles. The van der Waals surface area contributed by atoms with Crippen molar-refractivity contribution < 1.29 is 55.6 Å². The van der Waals surface area contributed by atoms with Gasteiger partial charge in [-0.3, -0.25) is 0 Å². The Bertz CT molecular complexity index is 157. The molecule has 0 spiro atoms. The SMILES string of the molecule is O.O=P([O-])([O-])OP(=O)([O-])[O-].[Ca+2].[Mn+2]. The second-order valence-corrected chi connectivity index (χ2v) is 3.42. The zero-order valence-electron chi connectivity index (χ0n) is 5.34. The van der Waals surface area contributed by atoms with E-state index < -0.39 is 15.6 Å². The van der Waals surface area contributed by atoms with Crippen LogP contribution in [-0.2, 0) is 30.5 Å². The Kier molecular flexibility index (Phi) is 16.4. The van der Waals surface area contributed by atoms with E-state index in [1.807, 2.05) is 0 Å². The second-order valence-electron chi connectivity index (χ2n) is 0.976. The van der Waals surface area contributed by atoms with Gasteiger partial charge in [0, 0.05) is 0 Å². The summed E-state index contributed by atoms with van der Waals surface area (Å²) in [6.07, 6.45) is 0. The molecule has 69 valence electrons. The quantitative estimate of drug-likeness (QED) is 0.364. The molecule has 1 radical (unpaired) electrons. The molecule has 0 rings (SSSR count). The van der Waals surface area contributed by atoms with Crippen LogP contribution in [0.15, 0.2) is 0 Å². The number of hydrogen-bond acceptors (Lipinski definition) is 7. The Balaban J connectivity index is -0.000000107. The van der Waals surface area contributed by atoms with Crippen molar-refractivity contribution in [1.82, 2.24) is 0 Å². The summed E-state index contributed by atoms with van der Waals surface area (Å²) < 4.78 is 21.2. The van der Waals surface area contributed by atoms with E-state index in [1.54, 1.807) is 0 Å². The molecule has 0 aliphatic rings. The maximum atomic E-state index is 9.32. The van der Waals surface area contributed by atoms with E-state index in [0.29, 0.717) is 0 Å². The molecule has 12 heavy (non-hydrogen) atoms. The summed E-state index contributed by atoms with van der Waals surface area (Å²) in [5.74, 6) is 0. The molecule has 12 heteroatoms. The van der Waals surface area contributed by atoms with Gasteiger partial charge >= 0.3 is 54.8 Å². The van der Waals surface area contributed by atoms with Gasteiger partial charge in [-0.1, -0.05) is 0 Å². The molecule has 0 atom stereocenters. The van der Waals surface area contributed by atoms with Gasteiger partial charge in [-0.05, 0) is 0 Å². The monoisotopic (exact) mass is 287 g/mol. The van der Waals surface area contributed by atoms with Gasteiger partial charge in [-0.15, -0.1) is 0 Å². The van der Waals surface area contributed by atoms with Crippen molar-refractivity contribution in [3.8, 4) is 0 Å². The van der Waals surface area contributed by atoms with Crippen molar-refractivity contribution in [3.05, 3.63) is 0 Å². The van der Waals surface area contributed by atoms with Crippen LogP contribution in [0, 0.1) is 0 Å². The fraction of sp³-hybridized carbons (Fsp3) is 0. The fourth-order valence-electron chi connectivity index (χ4n) is 0.122.